The number of halogens is 1. The highest BCUT2D eigenvalue weighted by atomic mass is 35.5. The van der Waals surface area contributed by atoms with E-state index in [1.165, 1.54) is 12.2 Å². The van der Waals surface area contributed by atoms with E-state index in [1.54, 1.807) is 0 Å². The molecule has 0 amide bonds. The number of unbranched alkanes of at least 4 members (excludes halogenated alkanes) is 1. The van der Waals surface area contributed by atoms with Crippen LogP contribution in [0.2, 0.25) is 0 Å². The molecular weight excluding hydrogens is 292 g/mol. The molecule has 2 rings (SSSR count). The normalized spacial score (nSPS) is 11.6. The van der Waals surface area contributed by atoms with Gasteiger partial charge in [-0.2, -0.15) is 16.9 Å². The lowest BCUT2D eigenvalue weighted by Crippen LogP contribution is -2.07. The Kier molecular flexibility index (Phi) is 5.78. The van der Waals surface area contributed by atoms with E-state index in [4.69, 9.17) is 16.6 Å². The Labute approximate surface area is 129 Å². The quantitative estimate of drug-likeness (QED) is 0.551. The molecule has 0 atom stereocenters. The van der Waals surface area contributed by atoms with Crippen LogP contribution in [0.3, 0.4) is 0 Å². The first kappa shape index (κ1) is 15.7. The van der Waals surface area contributed by atoms with Crippen molar-refractivity contribution in [1.82, 2.24) is 19.3 Å². The van der Waals surface area contributed by atoms with Crippen molar-refractivity contribution >= 4 is 34.5 Å². The van der Waals surface area contributed by atoms with Gasteiger partial charge in [-0.05, 0) is 31.3 Å². The molecule has 0 bridgehead atoms. The zero-order valence-corrected chi connectivity index (χ0v) is 14.1. The third kappa shape index (κ3) is 3.14. The summed E-state index contributed by atoms with van der Waals surface area (Å²) in [6, 6.07) is 0. The third-order valence-electron chi connectivity index (χ3n) is 3.46. The number of alkyl halides is 1. The second-order valence-corrected chi connectivity index (χ2v) is 6.26. The Morgan fingerprint density at radius 3 is 2.75 bits per heavy atom. The van der Waals surface area contributed by atoms with Gasteiger partial charge < -0.3 is 4.57 Å². The van der Waals surface area contributed by atoms with E-state index >= 15 is 0 Å². The van der Waals surface area contributed by atoms with E-state index in [0.717, 1.165) is 48.5 Å². The van der Waals surface area contributed by atoms with Crippen LogP contribution in [0.1, 0.15) is 37.7 Å². The summed E-state index contributed by atoms with van der Waals surface area (Å²) < 4.78 is 4.20. The van der Waals surface area contributed by atoms with Crippen molar-refractivity contribution in [2.45, 2.75) is 45.0 Å². The molecule has 0 unspecified atom stereocenters. The van der Waals surface area contributed by atoms with Crippen molar-refractivity contribution in [3.8, 4) is 0 Å². The highest BCUT2D eigenvalue weighted by Gasteiger charge is 2.17. The molecule has 0 aliphatic heterocycles. The van der Waals surface area contributed by atoms with E-state index in [-0.39, 0.29) is 0 Å². The Hall–Kier alpha value is -0.680. The maximum atomic E-state index is 6.07. The van der Waals surface area contributed by atoms with Gasteiger partial charge in [0.15, 0.2) is 5.65 Å². The van der Waals surface area contributed by atoms with Gasteiger partial charge in [-0.15, -0.1) is 11.6 Å². The smallest absolute Gasteiger partial charge is 0.158 e. The summed E-state index contributed by atoms with van der Waals surface area (Å²) in [6.07, 6.45) is 6.59. The monoisotopic (exact) mass is 314 g/mol. The number of thioether (sulfide) groups is 1. The molecule has 20 heavy (non-hydrogen) atoms. The topological polar surface area (TPSA) is 35.6 Å². The van der Waals surface area contributed by atoms with Crippen molar-refractivity contribution in [3.05, 3.63) is 11.5 Å². The highest BCUT2D eigenvalue weighted by molar-refractivity contribution is 7.98. The van der Waals surface area contributed by atoms with Crippen molar-refractivity contribution in [2.75, 3.05) is 12.0 Å². The average molecular weight is 315 g/mol. The number of hydrogen-bond acceptors (Lipinski definition) is 3. The minimum Gasteiger partial charge on any atom is -0.312 e. The molecular formula is C14H23ClN4S. The maximum absolute atomic E-state index is 6.07. The molecule has 0 aromatic carbocycles. The van der Waals surface area contributed by atoms with Crippen molar-refractivity contribution in [2.24, 2.45) is 7.05 Å². The Balaban J connectivity index is 2.30. The summed E-state index contributed by atoms with van der Waals surface area (Å²) in [5.74, 6) is 2.64. The first-order chi connectivity index (χ1) is 9.72. The third-order valence-corrected chi connectivity index (χ3v) is 4.39. The number of hydrogen-bond donors (Lipinski definition) is 0. The molecule has 0 aliphatic carbocycles. The summed E-state index contributed by atoms with van der Waals surface area (Å²) in [4.78, 5) is 4.71. The van der Waals surface area contributed by atoms with Crippen LogP contribution in [0.5, 0.6) is 0 Å². The van der Waals surface area contributed by atoms with Gasteiger partial charge in [-0.3, -0.25) is 4.68 Å². The number of aromatic nitrogens is 4. The van der Waals surface area contributed by atoms with Crippen LogP contribution in [-0.4, -0.2) is 31.3 Å². The lowest BCUT2D eigenvalue weighted by Gasteiger charge is -2.07. The van der Waals surface area contributed by atoms with Gasteiger partial charge in [0.25, 0.3) is 0 Å². The van der Waals surface area contributed by atoms with Gasteiger partial charge in [0.1, 0.15) is 11.3 Å². The van der Waals surface area contributed by atoms with Gasteiger partial charge >= 0.3 is 0 Å². The Morgan fingerprint density at radius 1 is 1.30 bits per heavy atom. The first-order valence-electron chi connectivity index (χ1n) is 7.18. The van der Waals surface area contributed by atoms with Crippen LogP contribution in [0.4, 0.5) is 0 Å². The molecule has 0 spiro atoms. The summed E-state index contributed by atoms with van der Waals surface area (Å²) in [7, 11) is 2.00. The number of aryl methyl sites for hydroxylation is 3. The van der Waals surface area contributed by atoms with Gasteiger partial charge in [0, 0.05) is 13.6 Å². The van der Waals surface area contributed by atoms with Crippen LogP contribution >= 0.6 is 23.4 Å². The predicted octanol–water partition coefficient (Wildman–Crippen LogP) is 3.60. The Bertz CT molecular complexity index is 561. The molecule has 6 heteroatoms. The molecule has 112 valence electrons. The maximum Gasteiger partial charge on any atom is 0.158 e. The first-order valence-corrected chi connectivity index (χ1v) is 9.11. The Morgan fingerprint density at radius 2 is 2.10 bits per heavy atom. The fourth-order valence-corrected chi connectivity index (χ4v) is 3.24. The molecule has 4 nitrogen and oxygen atoms in total. The van der Waals surface area contributed by atoms with Gasteiger partial charge in [0.05, 0.1) is 11.6 Å². The average Bonchev–Trinajstić information content (AvgIpc) is 2.94. The molecule has 0 N–H and O–H groups in total. The molecule has 2 aromatic rings. The highest BCUT2D eigenvalue weighted by Crippen LogP contribution is 2.22. The van der Waals surface area contributed by atoms with Crippen molar-refractivity contribution in [1.29, 1.82) is 0 Å². The molecule has 0 saturated carbocycles. The summed E-state index contributed by atoms with van der Waals surface area (Å²) in [5.41, 5.74) is 3.25. The number of imidazole rings is 1. The zero-order valence-electron chi connectivity index (χ0n) is 12.5. The van der Waals surface area contributed by atoms with E-state index in [9.17, 15) is 0 Å². The lowest BCUT2D eigenvalue weighted by atomic mass is 10.2. The molecule has 0 fully saturated rings. The molecule has 2 aromatic heterocycles. The summed E-state index contributed by atoms with van der Waals surface area (Å²) >= 11 is 7.96. The largest absolute Gasteiger partial charge is 0.312 e. The molecule has 2 heterocycles. The van der Waals surface area contributed by atoms with Crippen LogP contribution in [0, 0.1) is 0 Å². The molecule has 0 saturated heterocycles. The summed E-state index contributed by atoms with van der Waals surface area (Å²) in [6.45, 7) is 3.15. The standard InChI is InChI=1S/C14H23ClN4S/c1-4-7-11-13-14(18(2)17-11)19(12(10-15)16-13)8-5-6-9-20-3/h4-10H2,1-3H3. The fourth-order valence-electron chi connectivity index (χ4n) is 2.55. The van der Waals surface area contributed by atoms with Crippen LogP contribution < -0.4 is 0 Å². The van der Waals surface area contributed by atoms with E-state index in [0.29, 0.717) is 5.88 Å². The van der Waals surface area contributed by atoms with E-state index in [2.05, 4.69) is 22.8 Å². The van der Waals surface area contributed by atoms with Gasteiger partial charge in [-0.1, -0.05) is 13.3 Å². The summed E-state index contributed by atoms with van der Waals surface area (Å²) in [5, 5.41) is 4.61. The number of fused-ring (bicyclic) bond motifs is 1. The van der Waals surface area contributed by atoms with Crippen molar-refractivity contribution in [3.63, 3.8) is 0 Å². The van der Waals surface area contributed by atoms with Crippen LogP contribution in [0.15, 0.2) is 0 Å². The predicted molar refractivity (Wildman–Crippen MR) is 87.7 cm³/mol. The van der Waals surface area contributed by atoms with E-state index < -0.39 is 0 Å². The second-order valence-electron chi connectivity index (χ2n) is 5.01. The van der Waals surface area contributed by atoms with Crippen LogP contribution in [-0.2, 0) is 25.9 Å². The molecule has 0 radical (unpaired) electrons. The minimum absolute atomic E-state index is 0.461. The second kappa shape index (κ2) is 7.36. The number of rotatable bonds is 8. The lowest BCUT2D eigenvalue weighted by molar-refractivity contribution is 0.608. The SMILES string of the molecule is CCCc1nn(C)c2c1nc(CCl)n2CCCCSC. The van der Waals surface area contributed by atoms with E-state index in [1.807, 2.05) is 23.5 Å². The minimum atomic E-state index is 0.461. The fraction of sp³-hybridized carbons (Fsp3) is 0.714. The van der Waals surface area contributed by atoms with Crippen molar-refractivity contribution < 1.29 is 0 Å². The zero-order chi connectivity index (χ0) is 14.5. The van der Waals surface area contributed by atoms with Crippen LogP contribution in [0.25, 0.3) is 11.2 Å². The molecule has 0 aliphatic rings. The number of nitrogens with zero attached hydrogens (tertiary/aromatic N) is 4. The van der Waals surface area contributed by atoms with Gasteiger partial charge in [-0.25, -0.2) is 4.98 Å². The van der Waals surface area contributed by atoms with Gasteiger partial charge in [0.2, 0.25) is 0 Å².